The molecule has 5 nitrogen and oxygen atoms in total. The Morgan fingerprint density at radius 2 is 2.09 bits per heavy atom. The van der Waals surface area contributed by atoms with E-state index in [1.54, 1.807) is 0 Å². The SMILES string of the molecule is C=COC(=O)CS(=O)(=O)O.[Na]. The molecule has 11 heavy (non-hydrogen) atoms. The fourth-order valence-electron chi connectivity index (χ4n) is 0.276. The normalized spacial score (nSPS) is 9.55. The predicted octanol–water partition coefficient (Wildman–Crippen LogP) is -0.820. The van der Waals surface area contributed by atoms with Crippen LogP contribution in [0.15, 0.2) is 12.8 Å². The van der Waals surface area contributed by atoms with Gasteiger partial charge in [0.2, 0.25) is 0 Å². The van der Waals surface area contributed by atoms with Gasteiger partial charge < -0.3 is 4.74 Å². The van der Waals surface area contributed by atoms with Gasteiger partial charge in [-0.25, -0.2) is 0 Å². The van der Waals surface area contributed by atoms with Gasteiger partial charge in [0.15, 0.2) is 5.75 Å². The Morgan fingerprint density at radius 3 is 2.36 bits per heavy atom. The van der Waals surface area contributed by atoms with Crippen LogP contribution >= 0.6 is 0 Å². The van der Waals surface area contributed by atoms with E-state index in [1.807, 2.05) is 0 Å². The maximum absolute atomic E-state index is 10.2. The number of rotatable bonds is 3. The van der Waals surface area contributed by atoms with Crippen molar-refractivity contribution in [1.29, 1.82) is 0 Å². The smallest absolute Gasteiger partial charge is 0.328 e. The van der Waals surface area contributed by atoms with E-state index in [0.29, 0.717) is 0 Å². The van der Waals surface area contributed by atoms with Crippen molar-refractivity contribution in [2.24, 2.45) is 0 Å². The second kappa shape index (κ2) is 5.73. The molecule has 0 aromatic heterocycles. The first-order valence-corrected chi connectivity index (χ1v) is 3.82. The van der Waals surface area contributed by atoms with Gasteiger partial charge in [0.1, 0.15) is 0 Å². The Balaban J connectivity index is 0. The van der Waals surface area contributed by atoms with Crippen LogP contribution < -0.4 is 0 Å². The van der Waals surface area contributed by atoms with Crippen molar-refractivity contribution in [1.82, 2.24) is 0 Å². The van der Waals surface area contributed by atoms with Crippen molar-refractivity contribution in [3.05, 3.63) is 12.8 Å². The summed E-state index contributed by atoms with van der Waals surface area (Å²) in [6.07, 6.45) is 0.785. The molecule has 0 aromatic rings. The average Bonchev–Trinajstić information content (AvgIpc) is 1.59. The summed E-state index contributed by atoms with van der Waals surface area (Å²) in [4.78, 5) is 10.2. The summed E-state index contributed by atoms with van der Waals surface area (Å²) in [7, 11) is -4.27. The zero-order valence-corrected chi connectivity index (χ0v) is 8.80. The maximum atomic E-state index is 10.2. The summed E-state index contributed by atoms with van der Waals surface area (Å²) >= 11 is 0. The topological polar surface area (TPSA) is 80.7 Å². The predicted molar refractivity (Wildman–Crippen MR) is 38.5 cm³/mol. The molecule has 0 fully saturated rings. The van der Waals surface area contributed by atoms with Crippen molar-refractivity contribution < 1.29 is 22.5 Å². The van der Waals surface area contributed by atoms with E-state index in [9.17, 15) is 13.2 Å². The van der Waals surface area contributed by atoms with E-state index in [4.69, 9.17) is 4.55 Å². The second-order valence-corrected chi connectivity index (χ2v) is 2.84. The molecule has 1 N–H and O–H groups in total. The van der Waals surface area contributed by atoms with Gasteiger partial charge in [-0.1, -0.05) is 6.58 Å². The molecule has 0 heterocycles. The second-order valence-electron chi connectivity index (χ2n) is 1.38. The van der Waals surface area contributed by atoms with Gasteiger partial charge in [0, 0.05) is 29.6 Å². The standard InChI is InChI=1S/C4H6O5S.Na/c1-2-9-4(5)3-10(6,7)8;/h2H,1,3H2,(H,6,7,8);. The summed E-state index contributed by atoms with van der Waals surface area (Å²) in [5.41, 5.74) is 0. The zero-order chi connectivity index (χ0) is 8.20. The van der Waals surface area contributed by atoms with Crippen molar-refractivity contribution in [3.8, 4) is 0 Å². The first-order chi connectivity index (χ1) is 4.45. The molecule has 0 aliphatic carbocycles. The summed E-state index contributed by atoms with van der Waals surface area (Å²) in [5.74, 6) is -2.10. The Labute approximate surface area is 86.5 Å². The zero-order valence-electron chi connectivity index (χ0n) is 5.98. The van der Waals surface area contributed by atoms with Crippen LogP contribution in [0.4, 0.5) is 0 Å². The van der Waals surface area contributed by atoms with Gasteiger partial charge in [-0.05, 0) is 0 Å². The number of carbonyl (C=O) groups is 1. The van der Waals surface area contributed by atoms with E-state index >= 15 is 0 Å². The molecular weight excluding hydrogens is 183 g/mol. The molecule has 0 rings (SSSR count). The number of hydrogen-bond acceptors (Lipinski definition) is 4. The van der Waals surface area contributed by atoms with E-state index < -0.39 is 21.8 Å². The van der Waals surface area contributed by atoms with Crippen molar-refractivity contribution in [2.45, 2.75) is 0 Å². The number of carbonyl (C=O) groups excluding carboxylic acids is 1. The molecule has 59 valence electrons. The van der Waals surface area contributed by atoms with Crippen LogP contribution in [0.3, 0.4) is 0 Å². The molecule has 0 aromatic carbocycles. The molecule has 0 atom stereocenters. The Kier molecular flexibility index (Phi) is 7.13. The van der Waals surface area contributed by atoms with Gasteiger partial charge in [0.25, 0.3) is 10.1 Å². The van der Waals surface area contributed by atoms with Crippen molar-refractivity contribution in [3.63, 3.8) is 0 Å². The average molecular weight is 189 g/mol. The van der Waals surface area contributed by atoms with Crippen LogP contribution in [0.1, 0.15) is 0 Å². The number of ether oxygens (including phenoxy) is 1. The monoisotopic (exact) mass is 189 g/mol. The third-order valence-electron chi connectivity index (χ3n) is 0.515. The van der Waals surface area contributed by atoms with Crippen LogP contribution in [0.5, 0.6) is 0 Å². The molecule has 0 unspecified atom stereocenters. The minimum atomic E-state index is -4.27. The van der Waals surface area contributed by atoms with E-state index in [1.165, 1.54) is 0 Å². The van der Waals surface area contributed by atoms with Gasteiger partial charge in [0.05, 0.1) is 6.26 Å². The third kappa shape index (κ3) is 10.1. The largest absolute Gasteiger partial charge is 0.434 e. The van der Waals surface area contributed by atoms with Gasteiger partial charge >= 0.3 is 5.97 Å². The molecule has 1 radical (unpaired) electrons. The first-order valence-electron chi connectivity index (χ1n) is 2.21. The number of esters is 1. The van der Waals surface area contributed by atoms with Gasteiger partial charge in [-0.2, -0.15) is 8.42 Å². The van der Waals surface area contributed by atoms with Gasteiger partial charge in [-0.3, -0.25) is 9.35 Å². The first kappa shape index (κ1) is 13.7. The molecule has 0 aliphatic rings. The Morgan fingerprint density at radius 1 is 1.64 bits per heavy atom. The quantitative estimate of drug-likeness (QED) is 0.271. The van der Waals surface area contributed by atoms with E-state index in [-0.39, 0.29) is 29.6 Å². The molecule has 0 aliphatic heterocycles. The van der Waals surface area contributed by atoms with Gasteiger partial charge in [-0.15, -0.1) is 0 Å². The molecule has 0 amide bonds. The van der Waals surface area contributed by atoms with Crippen LogP contribution in [-0.2, 0) is 19.6 Å². The van der Waals surface area contributed by atoms with Crippen LogP contribution in [-0.4, -0.2) is 54.2 Å². The van der Waals surface area contributed by atoms with E-state index in [0.717, 1.165) is 6.26 Å². The number of hydrogen-bond donors (Lipinski definition) is 1. The Hall–Kier alpha value is 0.120. The third-order valence-corrected chi connectivity index (χ3v) is 1.12. The maximum Gasteiger partial charge on any atom is 0.328 e. The Bertz CT molecular complexity index is 231. The molecule has 0 saturated carbocycles. The summed E-state index contributed by atoms with van der Waals surface area (Å²) < 4.78 is 31.9. The summed E-state index contributed by atoms with van der Waals surface area (Å²) in [6.45, 7) is 3.01. The van der Waals surface area contributed by atoms with Crippen LogP contribution in [0.25, 0.3) is 0 Å². The summed E-state index contributed by atoms with van der Waals surface area (Å²) in [5, 5.41) is 0. The molecule has 0 spiro atoms. The van der Waals surface area contributed by atoms with Crippen LogP contribution in [0.2, 0.25) is 0 Å². The summed E-state index contributed by atoms with van der Waals surface area (Å²) in [6, 6.07) is 0. The molecule has 0 bridgehead atoms. The fourth-order valence-corrected chi connectivity index (χ4v) is 0.642. The minimum absolute atomic E-state index is 0. The van der Waals surface area contributed by atoms with Crippen molar-refractivity contribution in [2.75, 3.05) is 5.75 Å². The molecular formula is C4H6NaO5S. The molecule has 7 heteroatoms. The van der Waals surface area contributed by atoms with E-state index in [2.05, 4.69) is 11.3 Å². The van der Waals surface area contributed by atoms with Crippen LogP contribution in [0, 0.1) is 0 Å². The molecule has 0 saturated heterocycles. The van der Waals surface area contributed by atoms with Crippen molar-refractivity contribution >= 4 is 45.6 Å². The minimum Gasteiger partial charge on any atom is -0.434 e. The fraction of sp³-hybridized carbons (Fsp3) is 0.250.